The molecule has 2 N–H and O–H groups in total. The van der Waals surface area contributed by atoms with Gasteiger partial charge in [-0.2, -0.15) is 0 Å². The summed E-state index contributed by atoms with van der Waals surface area (Å²) < 4.78 is 9.95. The standard InChI is InChI=1S/C18H24N2O5/c1-24-15-9-6-13(7-10-15)8-11-17(22)25-12-16(21)20-18(23)19-14-4-2-3-5-14/h6-7,9-10,14H,2-5,8,11-12H2,1H3,(H2,19,20,21,23). The van der Waals surface area contributed by atoms with E-state index in [4.69, 9.17) is 9.47 Å². The van der Waals surface area contributed by atoms with Crippen molar-refractivity contribution in [2.45, 2.75) is 44.6 Å². The summed E-state index contributed by atoms with van der Waals surface area (Å²) in [4.78, 5) is 34.9. The molecule has 3 amide bonds. The molecule has 2 rings (SSSR count). The van der Waals surface area contributed by atoms with Crippen LogP contribution in [0.15, 0.2) is 24.3 Å². The van der Waals surface area contributed by atoms with Crippen LogP contribution in [0.4, 0.5) is 4.79 Å². The lowest BCUT2D eigenvalue weighted by Gasteiger charge is -2.12. The summed E-state index contributed by atoms with van der Waals surface area (Å²) in [5.74, 6) is -0.366. The Morgan fingerprint density at radius 3 is 2.44 bits per heavy atom. The first-order valence-corrected chi connectivity index (χ1v) is 8.45. The van der Waals surface area contributed by atoms with E-state index in [-0.39, 0.29) is 12.5 Å². The summed E-state index contributed by atoms with van der Waals surface area (Å²) in [5.41, 5.74) is 0.971. The number of hydrogen-bond acceptors (Lipinski definition) is 5. The van der Waals surface area contributed by atoms with Crippen LogP contribution in [0.25, 0.3) is 0 Å². The topological polar surface area (TPSA) is 93.7 Å². The van der Waals surface area contributed by atoms with E-state index in [9.17, 15) is 14.4 Å². The van der Waals surface area contributed by atoms with Gasteiger partial charge in [0.05, 0.1) is 7.11 Å². The van der Waals surface area contributed by atoms with Crippen molar-refractivity contribution in [3.63, 3.8) is 0 Å². The molecule has 0 bridgehead atoms. The van der Waals surface area contributed by atoms with Crippen molar-refractivity contribution >= 4 is 17.9 Å². The average molecular weight is 348 g/mol. The predicted molar refractivity (Wildman–Crippen MR) is 91.2 cm³/mol. The van der Waals surface area contributed by atoms with Gasteiger partial charge in [0.15, 0.2) is 6.61 Å². The van der Waals surface area contributed by atoms with Gasteiger partial charge in [-0.05, 0) is 37.0 Å². The largest absolute Gasteiger partial charge is 0.497 e. The Labute approximate surface area is 147 Å². The predicted octanol–water partition coefficient (Wildman–Crippen LogP) is 1.94. The van der Waals surface area contributed by atoms with Crippen molar-refractivity contribution in [2.75, 3.05) is 13.7 Å². The van der Waals surface area contributed by atoms with Crippen LogP contribution in [0.5, 0.6) is 5.75 Å². The fourth-order valence-corrected chi connectivity index (χ4v) is 2.71. The monoisotopic (exact) mass is 348 g/mol. The molecule has 136 valence electrons. The van der Waals surface area contributed by atoms with E-state index in [1.54, 1.807) is 7.11 Å². The van der Waals surface area contributed by atoms with Crippen molar-refractivity contribution in [1.82, 2.24) is 10.6 Å². The van der Waals surface area contributed by atoms with Crippen molar-refractivity contribution in [2.24, 2.45) is 0 Å². The van der Waals surface area contributed by atoms with Crippen LogP contribution in [-0.4, -0.2) is 37.7 Å². The molecule has 25 heavy (non-hydrogen) atoms. The number of carbonyl (C=O) groups excluding carboxylic acids is 3. The molecule has 0 spiro atoms. The van der Waals surface area contributed by atoms with Crippen molar-refractivity contribution in [3.05, 3.63) is 29.8 Å². The van der Waals surface area contributed by atoms with Gasteiger partial charge in [0.25, 0.3) is 5.91 Å². The Morgan fingerprint density at radius 1 is 1.12 bits per heavy atom. The Morgan fingerprint density at radius 2 is 1.80 bits per heavy atom. The third-order valence-corrected chi connectivity index (χ3v) is 4.08. The molecule has 0 aliphatic heterocycles. The number of carbonyl (C=O) groups is 3. The van der Waals surface area contributed by atoms with Crippen LogP contribution in [0.1, 0.15) is 37.7 Å². The number of hydrogen-bond donors (Lipinski definition) is 2. The van der Waals surface area contributed by atoms with Gasteiger partial charge in [-0.3, -0.25) is 14.9 Å². The summed E-state index contributed by atoms with van der Waals surface area (Å²) in [6.45, 7) is -0.459. The number of esters is 1. The van der Waals surface area contributed by atoms with Crippen LogP contribution in [0, 0.1) is 0 Å². The second kappa shape index (κ2) is 9.66. The highest BCUT2D eigenvalue weighted by atomic mass is 16.5. The number of amides is 3. The van der Waals surface area contributed by atoms with E-state index in [0.717, 1.165) is 37.0 Å². The third-order valence-electron chi connectivity index (χ3n) is 4.08. The zero-order valence-electron chi connectivity index (χ0n) is 14.4. The number of rotatable bonds is 7. The Hall–Kier alpha value is -2.57. The van der Waals surface area contributed by atoms with E-state index in [2.05, 4.69) is 10.6 Å². The van der Waals surface area contributed by atoms with Gasteiger partial charge in [0.2, 0.25) is 0 Å². The first-order valence-electron chi connectivity index (χ1n) is 8.45. The molecule has 0 atom stereocenters. The number of imide groups is 1. The Kier molecular flexibility index (Phi) is 7.25. The number of methoxy groups -OCH3 is 1. The lowest BCUT2D eigenvalue weighted by atomic mass is 10.1. The van der Waals surface area contributed by atoms with E-state index in [1.165, 1.54) is 0 Å². The van der Waals surface area contributed by atoms with Crippen molar-refractivity contribution in [3.8, 4) is 5.75 Å². The normalized spacial score (nSPS) is 14.0. The third kappa shape index (κ3) is 6.82. The smallest absolute Gasteiger partial charge is 0.321 e. The van der Waals surface area contributed by atoms with Crippen molar-refractivity contribution < 1.29 is 23.9 Å². The number of nitrogens with one attached hydrogen (secondary N) is 2. The van der Waals surface area contributed by atoms with E-state index in [1.807, 2.05) is 24.3 Å². The summed E-state index contributed by atoms with van der Waals surface area (Å²) >= 11 is 0. The zero-order valence-corrected chi connectivity index (χ0v) is 14.4. The maximum absolute atomic E-state index is 11.7. The SMILES string of the molecule is COc1ccc(CCC(=O)OCC(=O)NC(=O)NC2CCCC2)cc1. The highest BCUT2D eigenvalue weighted by Gasteiger charge is 2.18. The molecule has 1 aliphatic carbocycles. The average Bonchev–Trinajstić information content (AvgIpc) is 3.11. The highest BCUT2D eigenvalue weighted by molar-refractivity contribution is 5.95. The molecule has 1 saturated carbocycles. The van der Waals surface area contributed by atoms with Crippen LogP contribution < -0.4 is 15.4 Å². The fourth-order valence-electron chi connectivity index (χ4n) is 2.71. The molecule has 7 nitrogen and oxygen atoms in total. The van der Waals surface area contributed by atoms with Gasteiger partial charge >= 0.3 is 12.0 Å². The first kappa shape index (κ1) is 18.8. The van der Waals surface area contributed by atoms with Gasteiger partial charge < -0.3 is 14.8 Å². The Balaban J connectivity index is 1.61. The molecule has 0 heterocycles. The second-order valence-electron chi connectivity index (χ2n) is 6.01. The number of urea groups is 1. The lowest BCUT2D eigenvalue weighted by Crippen LogP contribution is -2.45. The summed E-state index contributed by atoms with van der Waals surface area (Å²) in [6, 6.07) is 6.96. The van der Waals surface area contributed by atoms with Crippen LogP contribution in [0.2, 0.25) is 0 Å². The minimum atomic E-state index is -0.631. The maximum atomic E-state index is 11.7. The van der Waals surface area contributed by atoms with Crippen LogP contribution >= 0.6 is 0 Å². The quantitative estimate of drug-likeness (QED) is 0.735. The molecule has 1 aromatic rings. The van der Waals surface area contributed by atoms with E-state index >= 15 is 0 Å². The molecule has 0 radical (unpaired) electrons. The first-order chi connectivity index (χ1) is 12.1. The minimum Gasteiger partial charge on any atom is -0.497 e. The van der Waals surface area contributed by atoms with Gasteiger partial charge in [-0.15, -0.1) is 0 Å². The number of ether oxygens (including phenoxy) is 2. The number of benzene rings is 1. The van der Waals surface area contributed by atoms with Crippen molar-refractivity contribution in [1.29, 1.82) is 0 Å². The molecule has 0 aromatic heterocycles. The molecule has 1 aliphatic rings. The zero-order chi connectivity index (χ0) is 18.1. The maximum Gasteiger partial charge on any atom is 0.321 e. The minimum absolute atomic E-state index is 0.125. The Bertz CT molecular complexity index is 594. The van der Waals surface area contributed by atoms with Crippen LogP contribution in [-0.2, 0) is 20.7 Å². The summed E-state index contributed by atoms with van der Waals surface area (Å²) in [6.07, 6.45) is 4.71. The molecular formula is C18H24N2O5. The van der Waals surface area contributed by atoms with E-state index < -0.39 is 24.5 Å². The molecule has 7 heteroatoms. The highest BCUT2D eigenvalue weighted by Crippen LogP contribution is 2.17. The summed E-state index contributed by atoms with van der Waals surface area (Å²) in [7, 11) is 1.59. The molecular weight excluding hydrogens is 324 g/mol. The molecule has 0 saturated heterocycles. The van der Waals surface area contributed by atoms with Gasteiger partial charge in [0.1, 0.15) is 5.75 Å². The second-order valence-corrected chi connectivity index (χ2v) is 6.01. The lowest BCUT2D eigenvalue weighted by molar-refractivity contribution is -0.148. The molecule has 1 aromatic carbocycles. The molecule has 0 unspecified atom stereocenters. The van der Waals surface area contributed by atoms with Gasteiger partial charge in [0, 0.05) is 12.5 Å². The van der Waals surface area contributed by atoms with Crippen LogP contribution in [0.3, 0.4) is 0 Å². The van der Waals surface area contributed by atoms with Gasteiger partial charge in [-0.1, -0.05) is 25.0 Å². The van der Waals surface area contributed by atoms with Gasteiger partial charge in [-0.25, -0.2) is 4.79 Å². The van der Waals surface area contributed by atoms with E-state index in [0.29, 0.717) is 6.42 Å². The fraction of sp³-hybridized carbons (Fsp3) is 0.500. The summed E-state index contributed by atoms with van der Waals surface area (Å²) in [5, 5.41) is 4.90. The number of aryl methyl sites for hydroxylation is 1. The molecule has 1 fully saturated rings.